The second kappa shape index (κ2) is 3.38. The van der Waals surface area contributed by atoms with Crippen molar-refractivity contribution in [3.05, 3.63) is 29.3 Å². The Morgan fingerprint density at radius 3 is 2.38 bits per heavy atom. The van der Waals surface area contributed by atoms with E-state index in [0.717, 1.165) is 5.56 Å². The van der Waals surface area contributed by atoms with Crippen molar-refractivity contribution in [1.82, 2.24) is 0 Å². The monoisotopic (exact) mass is 179 g/mol. The third kappa shape index (κ3) is 2.22. The van der Waals surface area contributed by atoms with E-state index >= 15 is 0 Å². The summed E-state index contributed by atoms with van der Waals surface area (Å²) in [6.07, 6.45) is 0. The van der Waals surface area contributed by atoms with Crippen LogP contribution in [0.5, 0.6) is 0 Å². The molecule has 0 atom stereocenters. The quantitative estimate of drug-likeness (QED) is 0.648. The molecule has 0 saturated carbocycles. The van der Waals surface area contributed by atoms with Gasteiger partial charge in [-0.05, 0) is 17.0 Å². The van der Waals surface area contributed by atoms with Gasteiger partial charge in [0.05, 0.1) is 6.61 Å². The van der Waals surface area contributed by atoms with Crippen LogP contribution in [0.15, 0.2) is 18.2 Å². The third-order valence-corrected chi connectivity index (χ3v) is 2.18. The zero-order valence-electron chi connectivity index (χ0n) is 8.46. The molecular formula is C11H17NO. The zero-order chi connectivity index (χ0) is 10.1. The van der Waals surface area contributed by atoms with Crippen molar-refractivity contribution in [3.8, 4) is 0 Å². The van der Waals surface area contributed by atoms with Gasteiger partial charge in [0.1, 0.15) is 0 Å². The Morgan fingerprint density at radius 2 is 1.92 bits per heavy atom. The van der Waals surface area contributed by atoms with Crippen molar-refractivity contribution in [2.75, 3.05) is 5.73 Å². The van der Waals surface area contributed by atoms with Gasteiger partial charge in [0.25, 0.3) is 0 Å². The molecule has 0 aromatic heterocycles. The largest absolute Gasteiger partial charge is 0.398 e. The minimum Gasteiger partial charge on any atom is -0.398 e. The molecule has 3 N–H and O–H groups in total. The molecule has 72 valence electrons. The highest BCUT2D eigenvalue weighted by Crippen LogP contribution is 2.25. The fourth-order valence-corrected chi connectivity index (χ4v) is 1.21. The number of aliphatic hydroxyl groups excluding tert-OH is 1. The molecule has 2 nitrogen and oxygen atoms in total. The SMILES string of the molecule is CC(C)(C)c1ccc(N)c(CO)c1. The van der Waals surface area contributed by atoms with Crippen molar-refractivity contribution in [2.45, 2.75) is 32.8 Å². The summed E-state index contributed by atoms with van der Waals surface area (Å²) in [5.41, 5.74) is 8.47. The fraction of sp³-hybridized carbons (Fsp3) is 0.455. The molecule has 1 aromatic rings. The lowest BCUT2D eigenvalue weighted by Crippen LogP contribution is -2.12. The van der Waals surface area contributed by atoms with Crippen LogP contribution in [-0.2, 0) is 12.0 Å². The minimum absolute atomic E-state index is 0.00968. The van der Waals surface area contributed by atoms with E-state index in [9.17, 15) is 0 Å². The molecule has 0 unspecified atom stereocenters. The minimum atomic E-state index is 0.00968. The summed E-state index contributed by atoms with van der Waals surface area (Å²) >= 11 is 0. The lowest BCUT2D eigenvalue weighted by molar-refractivity contribution is 0.282. The van der Waals surface area contributed by atoms with Gasteiger partial charge in [-0.25, -0.2) is 0 Å². The molecule has 0 saturated heterocycles. The first-order valence-corrected chi connectivity index (χ1v) is 4.45. The van der Waals surface area contributed by atoms with Crippen molar-refractivity contribution in [2.24, 2.45) is 0 Å². The van der Waals surface area contributed by atoms with Crippen LogP contribution in [0.3, 0.4) is 0 Å². The van der Waals surface area contributed by atoms with Crippen LogP contribution >= 0.6 is 0 Å². The zero-order valence-corrected chi connectivity index (χ0v) is 8.46. The molecule has 0 aliphatic rings. The molecule has 0 fully saturated rings. The van der Waals surface area contributed by atoms with Crippen LogP contribution in [0.2, 0.25) is 0 Å². The molecule has 1 rings (SSSR count). The number of anilines is 1. The summed E-state index contributed by atoms with van der Waals surface area (Å²) in [7, 11) is 0. The summed E-state index contributed by atoms with van der Waals surface area (Å²) < 4.78 is 0. The van der Waals surface area contributed by atoms with Crippen molar-refractivity contribution < 1.29 is 5.11 Å². The van der Waals surface area contributed by atoms with Gasteiger partial charge in [0.2, 0.25) is 0 Å². The average Bonchev–Trinajstić information content (AvgIpc) is 2.03. The summed E-state index contributed by atoms with van der Waals surface area (Å²) in [4.78, 5) is 0. The van der Waals surface area contributed by atoms with Crippen LogP contribution < -0.4 is 5.73 Å². The molecular weight excluding hydrogens is 162 g/mol. The third-order valence-electron chi connectivity index (χ3n) is 2.18. The average molecular weight is 179 g/mol. The number of aliphatic hydroxyl groups is 1. The van der Waals surface area contributed by atoms with Crippen LogP contribution in [0.1, 0.15) is 31.9 Å². The van der Waals surface area contributed by atoms with Crippen molar-refractivity contribution >= 4 is 5.69 Å². The Morgan fingerprint density at radius 1 is 1.31 bits per heavy atom. The van der Waals surface area contributed by atoms with Gasteiger partial charge >= 0.3 is 0 Å². The topological polar surface area (TPSA) is 46.2 Å². The van der Waals surface area contributed by atoms with E-state index in [2.05, 4.69) is 20.8 Å². The van der Waals surface area contributed by atoms with Crippen LogP contribution in [0.4, 0.5) is 5.69 Å². The highest BCUT2D eigenvalue weighted by molar-refractivity contribution is 5.49. The van der Waals surface area contributed by atoms with Gasteiger partial charge in [0.15, 0.2) is 0 Å². The molecule has 0 bridgehead atoms. The molecule has 0 spiro atoms. The first kappa shape index (κ1) is 10.1. The number of hydrogen-bond donors (Lipinski definition) is 2. The van der Waals surface area contributed by atoms with E-state index in [1.165, 1.54) is 5.56 Å². The highest BCUT2D eigenvalue weighted by Gasteiger charge is 2.14. The Labute approximate surface area is 79.4 Å². The Hall–Kier alpha value is -1.02. The van der Waals surface area contributed by atoms with Gasteiger partial charge in [0, 0.05) is 11.3 Å². The number of rotatable bonds is 1. The molecule has 0 aliphatic carbocycles. The standard InChI is InChI=1S/C11H17NO/c1-11(2,3)9-4-5-10(12)8(6-9)7-13/h4-6,13H,7,12H2,1-3H3. The van der Waals surface area contributed by atoms with Gasteiger partial charge < -0.3 is 10.8 Å². The summed E-state index contributed by atoms with van der Waals surface area (Å²) in [6, 6.07) is 5.83. The maximum atomic E-state index is 9.03. The summed E-state index contributed by atoms with van der Waals surface area (Å²) in [5.74, 6) is 0. The first-order valence-electron chi connectivity index (χ1n) is 4.45. The van der Waals surface area contributed by atoms with Crippen molar-refractivity contribution in [1.29, 1.82) is 0 Å². The molecule has 0 heterocycles. The van der Waals surface area contributed by atoms with Crippen LogP contribution in [0.25, 0.3) is 0 Å². The molecule has 1 aromatic carbocycles. The van der Waals surface area contributed by atoms with Gasteiger partial charge in [-0.1, -0.05) is 32.9 Å². The maximum Gasteiger partial charge on any atom is 0.0702 e. The molecule has 13 heavy (non-hydrogen) atoms. The lowest BCUT2D eigenvalue weighted by Gasteiger charge is -2.20. The van der Waals surface area contributed by atoms with E-state index in [0.29, 0.717) is 5.69 Å². The van der Waals surface area contributed by atoms with E-state index < -0.39 is 0 Å². The molecule has 0 amide bonds. The van der Waals surface area contributed by atoms with Crippen LogP contribution in [0, 0.1) is 0 Å². The summed E-state index contributed by atoms with van der Waals surface area (Å²) in [6.45, 7) is 6.43. The second-order valence-electron chi connectivity index (χ2n) is 4.32. The Balaban J connectivity index is 3.14. The van der Waals surface area contributed by atoms with Crippen LogP contribution in [-0.4, -0.2) is 5.11 Å². The predicted octanol–water partition coefficient (Wildman–Crippen LogP) is 2.06. The number of nitrogen functional groups attached to an aromatic ring is 1. The Kier molecular flexibility index (Phi) is 2.62. The smallest absolute Gasteiger partial charge is 0.0702 e. The van der Waals surface area contributed by atoms with Gasteiger partial charge in [-0.2, -0.15) is 0 Å². The number of hydrogen-bond acceptors (Lipinski definition) is 2. The molecule has 0 aliphatic heterocycles. The second-order valence-corrected chi connectivity index (χ2v) is 4.32. The predicted molar refractivity (Wildman–Crippen MR) is 55.5 cm³/mol. The summed E-state index contributed by atoms with van der Waals surface area (Å²) in [5, 5.41) is 9.03. The van der Waals surface area contributed by atoms with E-state index in [-0.39, 0.29) is 12.0 Å². The fourth-order valence-electron chi connectivity index (χ4n) is 1.21. The van der Waals surface area contributed by atoms with Gasteiger partial charge in [-0.3, -0.25) is 0 Å². The van der Waals surface area contributed by atoms with E-state index in [4.69, 9.17) is 10.8 Å². The van der Waals surface area contributed by atoms with E-state index in [1.807, 2.05) is 18.2 Å². The molecule has 2 heteroatoms. The number of nitrogens with two attached hydrogens (primary N) is 1. The maximum absolute atomic E-state index is 9.03. The highest BCUT2D eigenvalue weighted by atomic mass is 16.3. The number of benzene rings is 1. The van der Waals surface area contributed by atoms with E-state index in [1.54, 1.807) is 0 Å². The lowest BCUT2D eigenvalue weighted by atomic mass is 9.86. The first-order chi connectivity index (χ1) is 5.95. The molecule has 0 radical (unpaired) electrons. The van der Waals surface area contributed by atoms with Gasteiger partial charge in [-0.15, -0.1) is 0 Å². The van der Waals surface area contributed by atoms with Crippen molar-refractivity contribution in [3.63, 3.8) is 0 Å². The Bertz CT molecular complexity index is 299. The normalized spacial score (nSPS) is 11.7.